The summed E-state index contributed by atoms with van der Waals surface area (Å²) in [6, 6.07) is 10.3. The summed E-state index contributed by atoms with van der Waals surface area (Å²) in [5.74, 6) is -1.59. The van der Waals surface area contributed by atoms with Crippen molar-refractivity contribution < 1.29 is 23.5 Å². The van der Waals surface area contributed by atoms with Crippen LogP contribution in [-0.2, 0) is 19.1 Å². The molecule has 1 aliphatic heterocycles. The molecule has 2 aromatic rings. The summed E-state index contributed by atoms with van der Waals surface area (Å²) in [6.07, 6.45) is 8.48. The molecule has 2 aliphatic carbocycles. The normalized spacial score (nSPS) is 23.6. The largest absolute Gasteiger partial charge is 0.382 e. The number of anilines is 1. The summed E-state index contributed by atoms with van der Waals surface area (Å²) in [5, 5.41) is 18.9. The molecule has 9 nitrogen and oxygen atoms in total. The number of benzene rings is 2. The van der Waals surface area contributed by atoms with E-state index < -0.39 is 17.8 Å². The molecule has 258 valence electrons. The molecule has 48 heavy (non-hydrogen) atoms. The zero-order valence-electron chi connectivity index (χ0n) is 27.5. The molecule has 1 heterocycles. The third kappa shape index (κ3) is 8.53. The number of carbonyl (C=O) groups excluding carboxylic acids is 2. The first kappa shape index (κ1) is 36.2. The van der Waals surface area contributed by atoms with Gasteiger partial charge in [0, 0.05) is 73.2 Å². The minimum atomic E-state index is -0.689. The van der Waals surface area contributed by atoms with Gasteiger partial charge in [0.2, 0.25) is 5.91 Å². The number of methoxy groups -OCH3 is 2. The predicted octanol–water partition coefficient (Wildman–Crippen LogP) is 5.60. The van der Waals surface area contributed by atoms with Crippen molar-refractivity contribution in [3.05, 3.63) is 87.7 Å². The molecule has 5 atom stereocenters. The molecule has 1 unspecified atom stereocenters. The zero-order valence-corrected chi connectivity index (χ0v) is 29.0. The van der Waals surface area contributed by atoms with Gasteiger partial charge in [-0.25, -0.2) is 4.39 Å². The van der Waals surface area contributed by atoms with Crippen molar-refractivity contribution >= 4 is 46.4 Å². The number of hydrogen-bond donors (Lipinski definition) is 4. The summed E-state index contributed by atoms with van der Waals surface area (Å²) in [4.78, 5) is 29.3. The van der Waals surface area contributed by atoms with E-state index in [1.54, 1.807) is 62.8 Å². The molecule has 3 aliphatic rings. The van der Waals surface area contributed by atoms with Crippen LogP contribution in [0.4, 0.5) is 10.1 Å². The van der Waals surface area contributed by atoms with Gasteiger partial charge in [-0.05, 0) is 61.6 Å². The van der Waals surface area contributed by atoms with Crippen LogP contribution in [0.2, 0.25) is 10.0 Å². The standard InChI is InChI=1S/C36H44Cl2FN5O4/c1-21(27-14-13-23(15-30(27)40)35(45)43-26(19-47-2)20-48-3)41-31-18-44(17-22-7-4-8-22)34(32(31)28-11-6-12-29(38)33(28)39)36(46)42-25-10-5-9-24(37)16-25/h5-6,9-16,21-22,26-27,31-32,34,40-41H,4,7-8,17-20H2,1-3H3,(H,42,46)(H,43,45)/t21-,27?,31-,32+,34-/m1/s1. The van der Waals surface area contributed by atoms with Crippen LogP contribution < -0.4 is 16.0 Å². The number of amides is 2. The number of ether oxygens (including phenoxy) is 2. The van der Waals surface area contributed by atoms with Gasteiger partial charge in [0.15, 0.2) is 0 Å². The molecule has 1 saturated heterocycles. The van der Waals surface area contributed by atoms with E-state index in [0.717, 1.165) is 19.3 Å². The van der Waals surface area contributed by atoms with Crippen LogP contribution in [-0.4, -0.2) is 87.1 Å². The van der Waals surface area contributed by atoms with Crippen molar-refractivity contribution in [3.8, 4) is 0 Å². The van der Waals surface area contributed by atoms with Gasteiger partial charge < -0.3 is 30.8 Å². The van der Waals surface area contributed by atoms with Gasteiger partial charge in [0.25, 0.3) is 5.91 Å². The lowest BCUT2D eigenvalue weighted by atomic mass is 9.83. The Bertz CT molecular complexity index is 1540. The van der Waals surface area contributed by atoms with Crippen molar-refractivity contribution in [1.29, 1.82) is 5.41 Å². The Hall–Kier alpha value is -3.12. The van der Waals surface area contributed by atoms with Crippen LogP contribution in [0.3, 0.4) is 0 Å². The smallest absolute Gasteiger partial charge is 0.251 e. The third-order valence-corrected chi connectivity index (χ3v) is 10.0. The second kappa shape index (κ2) is 16.5. The van der Waals surface area contributed by atoms with E-state index in [9.17, 15) is 9.59 Å². The van der Waals surface area contributed by atoms with Gasteiger partial charge in [0.05, 0.1) is 30.3 Å². The van der Waals surface area contributed by atoms with E-state index >= 15 is 4.39 Å². The highest BCUT2D eigenvalue weighted by atomic mass is 35.5. The molecule has 2 fully saturated rings. The maximum absolute atomic E-state index is 15.8. The lowest BCUT2D eigenvalue weighted by Crippen LogP contribution is -2.47. The second-order valence-corrected chi connectivity index (χ2v) is 13.8. The lowest BCUT2D eigenvalue weighted by Gasteiger charge is -2.34. The van der Waals surface area contributed by atoms with Crippen LogP contribution >= 0.6 is 23.2 Å². The van der Waals surface area contributed by atoms with Crippen LogP contribution in [0.5, 0.6) is 0 Å². The predicted molar refractivity (Wildman–Crippen MR) is 187 cm³/mol. The average Bonchev–Trinajstić information content (AvgIpc) is 3.37. The fourth-order valence-electron chi connectivity index (χ4n) is 7.00. The number of rotatable bonds is 14. The highest BCUT2D eigenvalue weighted by molar-refractivity contribution is 6.31. The first-order valence-corrected chi connectivity index (χ1v) is 17.1. The Labute approximate surface area is 291 Å². The minimum absolute atomic E-state index is 0.00286. The summed E-state index contributed by atoms with van der Waals surface area (Å²) in [6.45, 7) is 3.77. The molecule has 1 saturated carbocycles. The topological polar surface area (TPSA) is 116 Å². The zero-order chi connectivity index (χ0) is 34.4. The van der Waals surface area contributed by atoms with Crippen LogP contribution in [0, 0.1) is 23.1 Å². The third-order valence-electron chi connectivity index (χ3n) is 9.52. The number of likely N-dealkylation sites (tertiary alicyclic amines) is 1. The maximum atomic E-state index is 15.8. The van der Waals surface area contributed by atoms with Gasteiger partial charge in [-0.2, -0.15) is 0 Å². The minimum Gasteiger partial charge on any atom is -0.382 e. The fourth-order valence-corrected chi connectivity index (χ4v) is 7.37. The molecule has 2 amide bonds. The molecule has 12 heteroatoms. The molecular formula is C36H44Cl2FN5O4. The molecule has 0 spiro atoms. The fraction of sp³-hybridized carbons (Fsp3) is 0.472. The second-order valence-electron chi connectivity index (χ2n) is 12.9. The van der Waals surface area contributed by atoms with Crippen molar-refractivity contribution in [2.45, 2.75) is 56.3 Å². The van der Waals surface area contributed by atoms with Crippen LogP contribution in [0.15, 0.2) is 66.3 Å². The average molecular weight is 701 g/mol. The Morgan fingerprint density at radius 3 is 2.48 bits per heavy atom. The monoisotopic (exact) mass is 699 g/mol. The first-order valence-electron chi connectivity index (χ1n) is 16.4. The number of allylic oxidation sites excluding steroid dienone is 1. The van der Waals surface area contributed by atoms with Gasteiger partial charge in [-0.15, -0.1) is 0 Å². The first-order chi connectivity index (χ1) is 23.1. The molecule has 0 radical (unpaired) electrons. The van der Waals surface area contributed by atoms with Gasteiger partial charge >= 0.3 is 0 Å². The Morgan fingerprint density at radius 2 is 1.83 bits per heavy atom. The van der Waals surface area contributed by atoms with E-state index in [1.165, 1.54) is 6.07 Å². The molecule has 5 rings (SSSR count). The Balaban J connectivity index is 1.39. The SMILES string of the molecule is COCC(COC)NC(=O)C1=CC(=N)C([C@@H](C)N[C@@H]2CN(CC3CCC3)[C@@H](C(=O)Nc3cccc(Cl)c3)[C@H]2c2cccc(Cl)c2F)C=C1. The Kier molecular flexibility index (Phi) is 12.4. The van der Waals surface area contributed by atoms with E-state index in [4.69, 9.17) is 38.1 Å². The number of carbonyl (C=O) groups is 2. The van der Waals surface area contributed by atoms with Gasteiger partial charge in [-0.1, -0.05) is 60.0 Å². The number of nitrogens with one attached hydrogen (secondary N) is 4. The van der Waals surface area contributed by atoms with E-state index in [0.29, 0.717) is 54.1 Å². The van der Waals surface area contributed by atoms with Crippen molar-refractivity contribution in [2.24, 2.45) is 11.8 Å². The summed E-state index contributed by atoms with van der Waals surface area (Å²) in [5.41, 5.74) is 1.56. The number of halogens is 3. The summed E-state index contributed by atoms with van der Waals surface area (Å²) >= 11 is 12.5. The molecule has 0 aromatic heterocycles. The molecule has 2 aromatic carbocycles. The summed E-state index contributed by atoms with van der Waals surface area (Å²) < 4.78 is 26.2. The van der Waals surface area contributed by atoms with Gasteiger partial charge in [-0.3, -0.25) is 14.5 Å². The Morgan fingerprint density at radius 1 is 1.10 bits per heavy atom. The van der Waals surface area contributed by atoms with Crippen molar-refractivity contribution in [1.82, 2.24) is 15.5 Å². The van der Waals surface area contributed by atoms with E-state index in [2.05, 4.69) is 20.9 Å². The maximum Gasteiger partial charge on any atom is 0.251 e. The number of nitrogens with zero attached hydrogens (tertiary/aromatic N) is 1. The van der Waals surface area contributed by atoms with Crippen LogP contribution in [0.1, 0.15) is 37.7 Å². The molecule has 4 N–H and O–H groups in total. The quantitative estimate of drug-likeness (QED) is 0.204. The highest BCUT2D eigenvalue weighted by Gasteiger charge is 2.49. The van der Waals surface area contributed by atoms with Gasteiger partial charge in [0.1, 0.15) is 5.82 Å². The lowest BCUT2D eigenvalue weighted by molar-refractivity contribution is -0.121. The van der Waals surface area contributed by atoms with Crippen molar-refractivity contribution in [2.75, 3.05) is 45.8 Å². The molecular weight excluding hydrogens is 656 g/mol. The van der Waals surface area contributed by atoms with E-state index in [-0.39, 0.29) is 46.6 Å². The highest BCUT2D eigenvalue weighted by Crippen LogP contribution is 2.40. The van der Waals surface area contributed by atoms with Crippen LogP contribution in [0.25, 0.3) is 0 Å². The van der Waals surface area contributed by atoms with Crippen molar-refractivity contribution in [3.63, 3.8) is 0 Å². The number of hydrogen-bond acceptors (Lipinski definition) is 7. The summed E-state index contributed by atoms with van der Waals surface area (Å²) in [7, 11) is 3.11. The van der Waals surface area contributed by atoms with E-state index in [1.807, 2.05) is 13.0 Å². The molecule has 0 bridgehead atoms.